The Labute approximate surface area is 145 Å². The highest BCUT2D eigenvalue weighted by atomic mass is 32.2. The van der Waals surface area contributed by atoms with Gasteiger partial charge in [-0.2, -0.15) is 0 Å². The summed E-state index contributed by atoms with van der Waals surface area (Å²) in [5.74, 6) is 0.577. The Morgan fingerprint density at radius 1 is 1.08 bits per heavy atom. The average Bonchev–Trinajstić information content (AvgIpc) is 2.98. The number of rotatable bonds is 4. The number of fused-ring (bicyclic) bond motifs is 3. The van der Waals surface area contributed by atoms with Gasteiger partial charge in [0.15, 0.2) is 5.78 Å². The number of hydrogen-bond donors (Lipinski definition) is 4. The summed E-state index contributed by atoms with van der Waals surface area (Å²) < 4.78 is 0. The van der Waals surface area contributed by atoms with Crippen LogP contribution < -0.4 is 21.5 Å². The van der Waals surface area contributed by atoms with Gasteiger partial charge in [0, 0.05) is 11.3 Å². The number of ketones is 1. The highest BCUT2D eigenvalue weighted by molar-refractivity contribution is 8.00. The van der Waals surface area contributed by atoms with Crippen molar-refractivity contribution in [1.29, 1.82) is 0 Å². The van der Waals surface area contributed by atoms with E-state index in [2.05, 4.69) is 33.6 Å². The molecule has 6 heteroatoms. The lowest BCUT2D eigenvalue weighted by Crippen LogP contribution is -2.62. The first-order valence-corrected chi connectivity index (χ1v) is 9.09. The van der Waals surface area contributed by atoms with E-state index in [1.54, 1.807) is 11.8 Å². The van der Waals surface area contributed by atoms with Crippen LogP contribution in [0.4, 0.5) is 5.69 Å². The first kappa shape index (κ1) is 15.7. The van der Waals surface area contributed by atoms with Gasteiger partial charge in [-0.25, -0.2) is 10.9 Å². The van der Waals surface area contributed by atoms with Crippen LogP contribution in [0.25, 0.3) is 0 Å². The number of benzene rings is 2. The second-order valence-electron chi connectivity index (χ2n) is 6.12. The highest BCUT2D eigenvalue weighted by Crippen LogP contribution is 2.34. The zero-order valence-corrected chi connectivity index (χ0v) is 14.2. The van der Waals surface area contributed by atoms with Gasteiger partial charge in [-0.3, -0.25) is 10.1 Å². The molecule has 2 aliphatic rings. The molecule has 0 amide bonds. The van der Waals surface area contributed by atoms with Gasteiger partial charge in [-0.1, -0.05) is 48.0 Å². The average molecular weight is 340 g/mol. The van der Waals surface area contributed by atoms with Crippen molar-refractivity contribution in [3.05, 3.63) is 65.2 Å². The molecule has 2 aromatic rings. The van der Waals surface area contributed by atoms with E-state index in [0.29, 0.717) is 5.75 Å². The predicted octanol–water partition coefficient (Wildman–Crippen LogP) is 2.38. The fraction of sp³-hybridized carbons (Fsp3) is 0.278. The lowest BCUT2D eigenvalue weighted by molar-refractivity contribution is 0.102. The number of nitrogens with one attached hydrogen (secondary N) is 4. The first-order valence-electron chi connectivity index (χ1n) is 8.05. The summed E-state index contributed by atoms with van der Waals surface area (Å²) in [6, 6.07) is 16.2. The fourth-order valence-corrected chi connectivity index (χ4v) is 3.95. The van der Waals surface area contributed by atoms with Gasteiger partial charge in [0.2, 0.25) is 0 Å². The number of hydrogen-bond acceptors (Lipinski definition) is 6. The number of carbonyl (C=O) groups excluding carboxylic acids is 1. The smallest absolute Gasteiger partial charge is 0.172 e. The predicted molar refractivity (Wildman–Crippen MR) is 97.8 cm³/mol. The van der Waals surface area contributed by atoms with Crippen molar-refractivity contribution in [2.75, 3.05) is 11.1 Å². The highest BCUT2D eigenvalue weighted by Gasteiger charge is 2.36. The third-order valence-corrected chi connectivity index (χ3v) is 5.41. The molecule has 1 fully saturated rings. The molecular formula is C18H20N4OS. The van der Waals surface area contributed by atoms with Crippen LogP contribution in [0.2, 0.25) is 0 Å². The number of anilines is 1. The number of carbonyl (C=O) groups is 1. The van der Waals surface area contributed by atoms with Gasteiger partial charge in [0.25, 0.3) is 0 Å². The molecule has 0 aromatic heterocycles. The van der Waals surface area contributed by atoms with Gasteiger partial charge in [-0.15, -0.1) is 11.8 Å². The number of aryl methyl sites for hydroxylation is 1. The molecule has 24 heavy (non-hydrogen) atoms. The van der Waals surface area contributed by atoms with E-state index in [0.717, 1.165) is 16.8 Å². The van der Waals surface area contributed by atoms with E-state index < -0.39 is 0 Å². The maximum atomic E-state index is 12.3. The monoisotopic (exact) mass is 340 g/mol. The molecule has 0 radical (unpaired) electrons. The van der Waals surface area contributed by atoms with Crippen molar-refractivity contribution in [2.24, 2.45) is 0 Å². The third-order valence-electron chi connectivity index (χ3n) is 4.40. The van der Waals surface area contributed by atoms with Crippen LogP contribution in [0.15, 0.2) is 48.5 Å². The Kier molecular flexibility index (Phi) is 4.28. The molecule has 5 nitrogen and oxygen atoms in total. The number of thioether (sulfide) groups is 1. The number of Topliss-reactive ketones (excluding diaryl/α,β-unsaturated/α-hetero) is 1. The molecule has 124 valence electrons. The topological polar surface area (TPSA) is 65.2 Å². The summed E-state index contributed by atoms with van der Waals surface area (Å²) in [6.07, 6.45) is 0.121. The van der Waals surface area contributed by atoms with Gasteiger partial charge in [0.1, 0.15) is 11.7 Å². The molecule has 2 aliphatic heterocycles. The minimum Gasteiger partial charge on any atom is -0.368 e. The maximum Gasteiger partial charge on any atom is 0.172 e. The van der Waals surface area contributed by atoms with Crippen LogP contribution in [0.5, 0.6) is 0 Å². The van der Waals surface area contributed by atoms with E-state index in [-0.39, 0.29) is 23.5 Å². The lowest BCUT2D eigenvalue weighted by atomic mass is 10.1. The largest absolute Gasteiger partial charge is 0.368 e. The summed E-state index contributed by atoms with van der Waals surface area (Å²) in [4.78, 5) is 12.3. The molecule has 4 rings (SSSR count). The molecule has 0 aliphatic carbocycles. The molecule has 3 unspecified atom stereocenters. The third kappa shape index (κ3) is 3.06. The van der Waals surface area contributed by atoms with E-state index in [1.165, 1.54) is 5.56 Å². The summed E-state index contributed by atoms with van der Waals surface area (Å²) >= 11 is 1.56. The Morgan fingerprint density at radius 2 is 1.88 bits per heavy atom. The quantitative estimate of drug-likeness (QED) is 0.641. The van der Waals surface area contributed by atoms with Crippen LogP contribution in [-0.2, 0) is 0 Å². The van der Waals surface area contributed by atoms with Crippen LogP contribution >= 0.6 is 11.8 Å². The van der Waals surface area contributed by atoms with E-state index >= 15 is 0 Å². The van der Waals surface area contributed by atoms with Crippen LogP contribution in [0.3, 0.4) is 0 Å². The lowest BCUT2D eigenvalue weighted by Gasteiger charge is -2.35. The summed E-state index contributed by atoms with van der Waals surface area (Å²) in [7, 11) is 0. The van der Waals surface area contributed by atoms with E-state index in [1.807, 2.05) is 43.3 Å². The maximum absolute atomic E-state index is 12.3. The fourth-order valence-electron chi connectivity index (χ4n) is 3.07. The van der Waals surface area contributed by atoms with Crippen LogP contribution in [-0.4, -0.2) is 23.2 Å². The SMILES string of the molecule is Cc1ccc(C(=O)CSC2NNC3c4ccccc4NC3N2)cc1. The van der Waals surface area contributed by atoms with Gasteiger partial charge in [0.05, 0.1) is 11.8 Å². The van der Waals surface area contributed by atoms with Crippen molar-refractivity contribution in [3.8, 4) is 0 Å². The van der Waals surface area contributed by atoms with Crippen molar-refractivity contribution >= 4 is 23.2 Å². The van der Waals surface area contributed by atoms with Crippen molar-refractivity contribution in [1.82, 2.24) is 16.2 Å². The molecule has 0 bridgehead atoms. The zero-order chi connectivity index (χ0) is 16.5. The molecule has 1 saturated heterocycles. The summed E-state index contributed by atoms with van der Waals surface area (Å²) in [5.41, 5.74) is 10.9. The normalized spacial score (nSPS) is 24.8. The number of hydrazine groups is 1. The first-order chi connectivity index (χ1) is 11.7. The van der Waals surface area contributed by atoms with Crippen molar-refractivity contribution in [3.63, 3.8) is 0 Å². The number of para-hydroxylation sites is 1. The molecular weight excluding hydrogens is 320 g/mol. The molecule has 2 aromatic carbocycles. The minimum atomic E-state index is -0.0255. The second kappa shape index (κ2) is 6.57. The molecule has 0 spiro atoms. The summed E-state index contributed by atoms with van der Waals surface area (Å²) in [5, 5.41) is 6.98. The van der Waals surface area contributed by atoms with Crippen LogP contribution in [0, 0.1) is 6.92 Å². The molecule has 4 N–H and O–H groups in total. The minimum absolute atomic E-state index is 0.0255. The van der Waals surface area contributed by atoms with Gasteiger partial charge in [-0.05, 0) is 18.6 Å². The van der Waals surface area contributed by atoms with E-state index in [9.17, 15) is 4.79 Å². The Bertz CT molecular complexity index is 749. The van der Waals surface area contributed by atoms with Gasteiger partial charge >= 0.3 is 0 Å². The molecule has 2 heterocycles. The Balaban J connectivity index is 1.34. The van der Waals surface area contributed by atoms with Gasteiger partial charge < -0.3 is 5.32 Å². The van der Waals surface area contributed by atoms with Crippen LogP contribution in [0.1, 0.15) is 27.5 Å². The standard InChI is InChI=1S/C18H20N4OS/c1-11-6-8-12(9-7-11)15(23)10-24-18-20-17-16(21-22-18)13-4-2-3-5-14(13)19-17/h2-9,16-22H,10H2,1H3. The Hall–Kier alpha value is -1.86. The Morgan fingerprint density at radius 3 is 2.71 bits per heavy atom. The molecule has 0 saturated carbocycles. The van der Waals surface area contributed by atoms with Crippen molar-refractivity contribution < 1.29 is 4.79 Å². The molecule has 3 atom stereocenters. The van der Waals surface area contributed by atoms with Crippen molar-refractivity contribution in [2.45, 2.75) is 24.6 Å². The van der Waals surface area contributed by atoms with E-state index in [4.69, 9.17) is 0 Å². The second-order valence-corrected chi connectivity index (χ2v) is 7.22. The zero-order valence-electron chi connectivity index (χ0n) is 13.4. The summed E-state index contributed by atoms with van der Waals surface area (Å²) in [6.45, 7) is 2.02.